The van der Waals surface area contributed by atoms with Gasteiger partial charge in [-0.1, -0.05) is 26.0 Å². The lowest BCUT2D eigenvalue weighted by Crippen LogP contribution is -2.05. The van der Waals surface area contributed by atoms with Crippen LogP contribution < -0.4 is 0 Å². The normalized spacial score (nSPS) is 17.3. The molecule has 3 rings (SSSR count). The van der Waals surface area contributed by atoms with Crippen LogP contribution in [-0.4, -0.2) is 19.7 Å². The van der Waals surface area contributed by atoms with E-state index in [0.29, 0.717) is 4.90 Å². The van der Waals surface area contributed by atoms with E-state index in [1.165, 1.54) is 17.9 Å². The maximum Gasteiger partial charge on any atom is 0.212 e. The van der Waals surface area contributed by atoms with Crippen molar-refractivity contribution >= 4 is 21.0 Å². The highest BCUT2D eigenvalue weighted by Crippen LogP contribution is 2.49. The summed E-state index contributed by atoms with van der Waals surface area (Å²) in [6, 6.07) is 10.1. The van der Waals surface area contributed by atoms with Crippen molar-refractivity contribution in [3.8, 4) is 0 Å². The van der Waals surface area contributed by atoms with Crippen molar-refractivity contribution in [1.29, 1.82) is 0 Å². The average molecular weight is 345 g/mol. The molecule has 0 amide bonds. The molecule has 24 heavy (non-hydrogen) atoms. The van der Waals surface area contributed by atoms with Gasteiger partial charge in [0, 0.05) is 12.5 Å². The lowest BCUT2D eigenvalue weighted by Gasteiger charge is -2.17. The highest BCUT2D eigenvalue weighted by atomic mass is 32.2. The number of nitrogens with zero attached hydrogens (tertiary/aromatic N) is 1. The summed E-state index contributed by atoms with van der Waals surface area (Å²) in [5.41, 5.74) is 4.36. The van der Waals surface area contributed by atoms with Crippen LogP contribution in [0.2, 0.25) is 0 Å². The Morgan fingerprint density at radius 1 is 0.958 bits per heavy atom. The highest BCUT2D eigenvalue weighted by molar-refractivity contribution is 7.90. The van der Waals surface area contributed by atoms with Gasteiger partial charge in [0.15, 0.2) is 9.84 Å². The second-order valence-corrected chi connectivity index (χ2v) is 9.16. The van der Waals surface area contributed by atoms with Crippen LogP contribution in [-0.2, 0) is 9.84 Å². The summed E-state index contributed by atoms with van der Waals surface area (Å²) in [4.78, 5) is 4.08. The molecule has 1 aromatic heterocycles. The van der Waals surface area contributed by atoms with Gasteiger partial charge in [-0.25, -0.2) is 13.4 Å². The maximum atomic E-state index is 13.1. The number of pyridine rings is 1. The third-order valence-corrected chi connectivity index (χ3v) is 5.51. The van der Waals surface area contributed by atoms with Gasteiger partial charge >= 0.3 is 0 Å². The smallest absolute Gasteiger partial charge is 0.212 e. The Morgan fingerprint density at radius 3 is 2.00 bits per heavy atom. The van der Waals surface area contributed by atoms with Crippen LogP contribution in [0, 0.1) is 11.4 Å². The highest BCUT2D eigenvalue weighted by Gasteiger charge is 2.32. The van der Waals surface area contributed by atoms with E-state index < -0.39 is 15.8 Å². The summed E-state index contributed by atoms with van der Waals surface area (Å²) >= 11 is 0. The molecule has 1 heterocycles. The molecule has 3 nitrogen and oxygen atoms in total. The Bertz CT molecular complexity index is 895. The molecule has 2 aromatic rings. The predicted molar refractivity (Wildman–Crippen MR) is 93.6 cm³/mol. The van der Waals surface area contributed by atoms with E-state index in [1.54, 1.807) is 24.4 Å². The van der Waals surface area contributed by atoms with Crippen molar-refractivity contribution < 1.29 is 12.8 Å². The van der Waals surface area contributed by atoms with Gasteiger partial charge in [-0.15, -0.1) is 0 Å². The van der Waals surface area contributed by atoms with E-state index in [-0.39, 0.29) is 5.41 Å². The molecule has 0 radical (unpaired) electrons. The maximum absolute atomic E-state index is 13.1. The molecule has 0 fully saturated rings. The first kappa shape index (κ1) is 16.8. The largest absolute Gasteiger partial charge is 0.228 e. The van der Waals surface area contributed by atoms with Crippen molar-refractivity contribution in [3.05, 3.63) is 59.7 Å². The second-order valence-electron chi connectivity index (χ2n) is 7.14. The van der Waals surface area contributed by atoms with Crippen molar-refractivity contribution in [3.63, 3.8) is 0 Å². The zero-order valence-corrected chi connectivity index (χ0v) is 14.8. The van der Waals surface area contributed by atoms with E-state index in [2.05, 4.69) is 18.8 Å². The minimum absolute atomic E-state index is 0.106. The zero-order valence-electron chi connectivity index (χ0n) is 14.0. The molecule has 1 aliphatic rings. The molecule has 0 aliphatic heterocycles. The molecular weight excluding hydrogens is 325 g/mol. The second kappa shape index (κ2) is 5.81. The number of hydrogen-bond acceptors (Lipinski definition) is 3. The van der Waals surface area contributed by atoms with Crippen molar-refractivity contribution in [1.82, 2.24) is 4.98 Å². The SMILES string of the molecule is CC1(C)CC(c2ccc(S(C)(=O)=O)cc2)=C(c2ccc(F)nc2)C1. The first-order valence-electron chi connectivity index (χ1n) is 7.80. The molecule has 5 heteroatoms. The van der Waals surface area contributed by atoms with Crippen molar-refractivity contribution in [2.24, 2.45) is 5.41 Å². The summed E-state index contributed by atoms with van der Waals surface area (Å²) in [5.74, 6) is -0.490. The Morgan fingerprint density at radius 2 is 1.50 bits per heavy atom. The van der Waals surface area contributed by atoms with Gasteiger partial charge in [-0.05, 0) is 64.8 Å². The van der Waals surface area contributed by atoms with E-state index in [1.807, 2.05) is 12.1 Å². The molecule has 0 N–H and O–H groups in total. The topological polar surface area (TPSA) is 47.0 Å². The van der Waals surface area contributed by atoms with Gasteiger partial charge in [0.1, 0.15) is 0 Å². The summed E-state index contributed by atoms with van der Waals surface area (Å²) in [7, 11) is -3.20. The van der Waals surface area contributed by atoms with Gasteiger partial charge in [0.2, 0.25) is 5.95 Å². The summed E-state index contributed by atoms with van der Waals surface area (Å²) in [6.07, 6.45) is 4.54. The van der Waals surface area contributed by atoms with Crippen molar-refractivity contribution in [2.75, 3.05) is 6.26 Å². The molecular formula is C19H20FNO2S. The van der Waals surface area contributed by atoms with E-state index in [9.17, 15) is 12.8 Å². The minimum Gasteiger partial charge on any atom is -0.228 e. The summed E-state index contributed by atoms with van der Waals surface area (Å²) in [5, 5.41) is 0. The first-order valence-corrected chi connectivity index (χ1v) is 9.69. The van der Waals surface area contributed by atoms with Gasteiger partial charge < -0.3 is 0 Å². The lowest BCUT2D eigenvalue weighted by molar-refractivity contribution is 0.406. The van der Waals surface area contributed by atoms with Crippen LogP contribution in [0.1, 0.15) is 37.8 Å². The number of allylic oxidation sites excluding steroid dienone is 2. The van der Waals surface area contributed by atoms with Crippen LogP contribution in [0.3, 0.4) is 0 Å². The Labute approximate surface area is 142 Å². The van der Waals surface area contributed by atoms with Crippen LogP contribution >= 0.6 is 0 Å². The minimum atomic E-state index is -3.20. The molecule has 0 spiro atoms. The molecule has 126 valence electrons. The van der Waals surface area contributed by atoms with E-state index in [0.717, 1.165) is 29.5 Å². The van der Waals surface area contributed by atoms with Gasteiger partial charge in [-0.3, -0.25) is 0 Å². The number of benzene rings is 1. The fourth-order valence-electron chi connectivity index (χ4n) is 3.24. The van der Waals surface area contributed by atoms with Crippen LogP contribution in [0.25, 0.3) is 11.1 Å². The fourth-order valence-corrected chi connectivity index (χ4v) is 3.87. The number of rotatable bonds is 3. The van der Waals surface area contributed by atoms with Crippen LogP contribution in [0.4, 0.5) is 4.39 Å². The van der Waals surface area contributed by atoms with Gasteiger partial charge in [-0.2, -0.15) is 4.39 Å². The Hall–Kier alpha value is -2.01. The molecule has 0 saturated heterocycles. The third-order valence-electron chi connectivity index (χ3n) is 4.38. The standard InChI is InChI=1S/C19H20FNO2S/c1-19(2)10-16(13-4-7-15(8-5-13)24(3,22)23)17(11-19)14-6-9-18(20)21-12-14/h4-9,12H,10-11H2,1-3H3. The Kier molecular flexibility index (Phi) is 4.08. The summed E-state index contributed by atoms with van der Waals surface area (Å²) < 4.78 is 36.4. The predicted octanol–water partition coefficient (Wildman–Crippen LogP) is 4.36. The third kappa shape index (κ3) is 3.41. The molecule has 1 aromatic carbocycles. The zero-order chi connectivity index (χ0) is 17.5. The number of aromatic nitrogens is 1. The molecule has 0 unspecified atom stereocenters. The van der Waals surface area contributed by atoms with Crippen molar-refractivity contribution in [2.45, 2.75) is 31.6 Å². The quantitative estimate of drug-likeness (QED) is 0.777. The molecule has 0 bridgehead atoms. The van der Waals surface area contributed by atoms with E-state index >= 15 is 0 Å². The number of halogens is 1. The van der Waals surface area contributed by atoms with E-state index in [4.69, 9.17) is 0 Å². The molecule has 1 aliphatic carbocycles. The van der Waals surface area contributed by atoms with Gasteiger partial charge in [0.25, 0.3) is 0 Å². The van der Waals surface area contributed by atoms with Crippen LogP contribution in [0.15, 0.2) is 47.5 Å². The molecule has 0 saturated carbocycles. The first-order chi connectivity index (χ1) is 11.2. The van der Waals surface area contributed by atoms with Crippen LogP contribution in [0.5, 0.6) is 0 Å². The molecule has 0 atom stereocenters. The summed E-state index contributed by atoms with van der Waals surface area (Å²) in [6.45, 7) is 4.39. The lowest BCUT2D eigenvalue weighted by atomic mass is 9.88. The number of sulfone groups is 1. The van der Waals surface area contributed by atoms with Gasteiger partial charge in [0.05, 0.1) is 4.90 Å². The Balaban J connectivity index is 2.07. The average Bonchev–Trinajstić information content (AvgIpc) is 2.83. The fraction of sp³-hybridized carbons (Fsp3) is 0.316. The number of hydrogen-bond donors (Lipinski definition) is 0. The monoisotopic (exact) mass is 345 g/mol.